The summed E-state index contributed by atoms with van der Waals surface area (Å²) >= 11 is 0. The number of likely N-dealkylation sites (tertiary alicyclic amines) is 2. The van der Waals surface area contributed by atoms with Crippen molar-refractivity contribution in [2.45, 2.75) is 51.6 Å². The molecule has 7 heteroatoms. The predicted molar refractivity (Wildman–Crippen MR) is 105 cm³/mol. The number of hydrogen-bond acceptors (Lipinski definition) is 5. The summed E-state index contributed by atoms with van der Waals surface area (Å²) in [5, 5.41) is 3.01. The Morgan fingerprint density at radius 2 is 1.93 bits per heavy atom. The summed E-state index contributed by atoms with van der Waals surface area (Å²) in [5.41, 5.74) is 0.863. The van der Waals surface area contributed by atoms with Crippen molar-refractivity contribution in [1.82, 2.24) is 20.1 Å². The van der Waals surface area contributed by atoms with E-state index in [1.165, 1.54) is 0 Å². The number of rotatable bonds is 6. The van der Waals surface area contributed by atoms with Crippen LogP contribution >= 0.6 is 0 Å². The predicted octanol–water partition coefficient (Wildman–Crippen LogP) is 1.38. The van der Waals surface area contributed by atoms with E-state index in [1.54, 1.807) is 18.0 Å². The highest BCUT2D eigenvalue weighted by molar-refractivity contribution is 6.35. The monoisotopic (exact) mass is 386 g/mol. The summed E-state index contributed by atoms with van der Waals surface area (Å²) in [7, 11) is 0. The zero-order valence-corrected chi connectivity index (χ0v) is 16.6. The second kappa shape index (κ2) is 9.78. The lowest BCUT2D eigenvalue weighted by atomic mass is 9.93. The molecule has 0 radical (unpaired) electrons. The second-order valence-corrected chi connectivity index (χ2v) is 7.67. The van der Waals surface area contributed by atoms with Crippen molar-refractivity contribution < 1.29 is 14.4 Å². The average Bonchev–Trinajstić information content (AvgIpc) is 2.77. The van der Waals surface area contributed by atoms with Crippen molar-refractivity contribution in [1.29, 1.82) is 0 Å². The Labute approximate surface area is 166 Å². The van der Waals surface area contributed by atoms with Crippen LogP contribution in [0.5, 0.6) is 0 Å². The molecule has 0 bridgehead atoms. The Hall–Kier alpha value is -2.28. The van der Waals surface area contributed by atoms with E-state index in [0.717, 1.165) is 44.5 Å². The normalized spacial score (nSPS) is 21.3. The van der Waals surface area contributed by atoms with E-state index in [1.807, 2.05) is 18.2 Å². The largest absolute Gasteiger partial charge is 0.350 e. The molecule has 7 nitrogen and oxygen atoms in total. The molecule has 2 saturated heterocycles. The van der Waals surface area contributed by atoms with Crippen LogP contribution in [0.2, 0.25) is 0 Å². The topological polar surface area (TPSA) is 82.6 Å². The Balaban J connectivity index is 1.46. The number of aromatic nitrogens is 1. The number of pyridine rings is 1. The Kier molecular flexibility index (Phi) is 7.14. The summed E-state index contributed by atoms with van der Waals surface area (Å²) in [4.78, 5) is 44.6. The molecule has 28 heavy (non-hydrogen) atoms. The Morgan fingerprint density at radius 3 is 2.61 bits per heavy atom. The van der Waals surface area contributed by atoms with E-state index in [2.05, 4.69) is 15.2 Å². The van der Waals surface area contributed by atoms with Gasteiger partial charge in [0.25, 0.3) is 5.91 Å². The minimum absolute atomic E-state index is 0.00112. The van der Waals surface area contributed by atoms with Gasteiger partial charge in [0, 0.05) is 38.3 Å². The summed E-state index contributed by atoms with van der Waals surface area (Å²) in [5.74, 6) is -0.553. The minimum Gasteiger partial charge on any atom is -0.350 e. The van der Waals surface area contributed by atoms with Crippen LogP contribution in [-0.4, -0.2) is 64.6 Å². The van der Waals surface area contributed by atoms with Gasteiger partial charge in [-0.3, -0.25) is 24.3 Å². The maximum Gasteiger partial charge on any atom is 0.289 e. The minimum atomic E-state index is -0.341. The van der Waals surface area contributed by atoms with Crippen LogP contribution in [0, 0.1) is 5.92 Å². The molecule has 2 fully saturated rings. The van der Waals surface area contributed by atoms with Crippen molar-refractivity contribution in [2.75, 3.05) is 26.2 Å². The smallest absolute Gasteiger partial charge is 0.289 e. The first kappa shape index (κ1) is 20.5. The summed E-state index contributed by atoms with van der Waals surface area (Å²) in [6.45, 7) is 5.20. The van der Waals surface area contributed by atoms with Crippen LogP contribution in [0.15, 0.2) is 24.4 Å². The Bertz CT molecular complexity index is 686. The molecule has 1 unspecified atom stereocenters. The van der Waals surface area contributed by atoms with E-state index >= 15 is 0 Å². The van der Waals surface area contributed by atoms with Gasteiger partial charge in [0.05, 0.1) is 18.2 Å². The van der Waals surface area contributed by atoms with Gasteiger partial charge in [0.2, 0.25) is 11.7 Å². The van der Waals surface area contributed by atoms with Gasteiger partial charge in [-0.05, 0) is 44.4 Å². The van der Waals surface area contributed by atoms with Crippen molar-refractivity contribution >= 4 is 17.6 Å². The fourth-order valence-corrected chi connectivity index (χ4v) is 4.14. The number of ketones is 1. The van der Waals surface area contributed by atoms with Gasteiger partial charge in [-0.15, -0.1) is 0 Å². The molecule has 1 N–H and O–H groups in total. The molecule has 1 aromatic rings. The first-order valence-electron chi connectivity index (χ1n) is 10.3. The van der Waals surface area contributed by atoms with Crippen molar-refractivity contribution in [3.63, 3.8) is 0 Å². The van der Waals surface area contributed by atoms with Gasteiger partial charge in [-0.25, -0.2) is 0 Å². The number of hydrogen-bond donors (Lipinski definition) is 1. The molecule has 1 atom stereocenters. The number of carbonyl (C=O) groups is 3. The first-order chi connectivity index (χ1) is 13.6. The molecule has 0 spiro atoms. The molecule has 2 amide bonds. The highest BCUT2D eigenvalue weighted by Crippen LogP contribution is 2.24. The first-order valence-corrected chi connectivity index (χ1v) is 10.3. The molecule has 0 saturated carbocycles. The molecule has 3 heterocycles. The third-order valence-electron chi connectivity index (χ3n) is 5.82. The van der Waals surface area contributed by atoms with E-state index < -0.39 is 0 Å². The van der Waals surface area contributed by atoms with Crippen molar-refractivity contribution in [3.8, 4) is 0 Å². The zero-order valence-electron chi connectivity index (χ0n) is 16.6. The molecule has 1 aromatic heterocycles. The van der Waals surface area contributed by atoms with Crippen LogP contribution in [0.4, 0.5) is 0 Å². The summed E-state index contributed by atoms with van der Waals surface area (Å²) in [6.07, 6.45) is 5.65. The SMILES string of the molecule is CCC(=O)C(=O)N1CCC(N2CCCC(C(=O)NCc3ccccn3)C2)CC1. The fourth-order valence-electron chi connectivity index (χ4n) is 4.14. The zero-order chi connectivity index (χ0) is 19.9. The molecule has 2 aliphatic rings. The molecule has 0 aliphatic carbocycles. The lowest BCUT2D eigenvalue weighted by Crippen LogP contribution is -2.52. The molecule has 2 aliphatic heterocycles. The van der Waals surface area contributed by atoms with Crippen LogP contribution < -0.4 is 5.32 Å². The van der Waals surface area contributed by atoms with E-state index in [0.29, 0.717) is 25.7 Å². The third-order valence-corrected chi connectivity index (χ3v) is 5.82. The van der Waals surface area contributed by atoms with Gasteiger partial charge in [-0.1, -0.05) is 13.0 Å². The lowest BCUT2D eigenvalue weighted by molar-refractivity contribution is -0.145. The third kappa shape index (κ3) is 5.16. The highest BCUT2D eigenvalue weighted by Gasteiger charge is 2.33. The Morgan fingerprint density at radius 1 is 1.14 bits per heavy atom. The molecule has 0 aromatic carbocycles. The maximum atomic E-state index is 12.6. The lowest BCUT2D eigenvalue weighted by Gasteiger charge is -2.41. The molecule has 152 valence electrons. The van der Waals surface area contributed by atoms with E-state index in [-0.39, 0.29) is 29.9 Å². The number of nitrogens with one attached hydrogen (secondary N) is 1. The average molecular weight is 386 g/mol. The van der Waals surface area contributed by atoms with Gasteiger partial charge in [-0.2, -0.15) is 0 Å². The van der Waals surface area contributed by atoms with Gasteiger partial charge < -0.3 is 10.2 Å². The van der Waals surface area contributed by atoms with Crippen molar-refractivity contribution in [3.05, 3.63) is 30.1 Å². The summed E-state index contributed by atoms with van der Waals surface area (Å²) in [6, 6.07) is 6.07. The number of piperidine rings is 2. The fraction of sp³-hybridized carbons (Fsp3) is 0.619. The quantitative estimate of drug-likeness (QED) is 0.747. The highest BCUT2D eigenvalue weighted by atomic mass is 16.2. The van der Waals surface area contributed by atoms with Crippen LogP contribution in [0.3, 0.4) is 0 Å². The van der Waals surface area contributed by atoms with Crippen LogP contribution in [-0.2, 0) is 20.9 Å². The molecular weight excluding hydrogens is 356 g/mol. The van der Waals surface area contributed by atoms with Crippen LogP contribution in [0.25, 0.3) is 0 Å². The van der Waals surface area contributed by atoms with Crippen molar-refractivity contribution in [2.24, 2.45) is 5.92 Å². The van der Waals surface area contributed by atoms with E-state index in [9.17, 15) is 14.4 Å². The van der Waals surface area contributed by atoms with E-state index in [4.69, 9.17) is 0 Å². The molecular formula is C21H30N4O3. The summed E-state index contributed by atoms with van der Waals surface area (Å²) < 4.78 is 0. The maximum absolute atomic E-state index is 12.6. The van der Waals surface area contributed by atoms with Crippen LogP contribution in [0.1, 0.15) is 44.7 Å². The molecule has 3 rings (SSSR count). The number of amides is 2. The van der Waals surface area contributed by atoms with Gasteiger partial charge in [0.15, 0.2) is 0 Å². The van der Waals surface area contributed by atoms with Gasteiger partial charge in [0.1, 0.15) is 0 Å². The standard InChI is InChI=1S/C21H30N4O3/c1-2-19(26)21(28)24-12-8-18(9-13-24)25-11-5-6-16(15-25)20(27)23-14-17-7-3-4-10-22-17/h3-4,7,10,16,18H,2,5-6,8-9,11-15H2,1H3,(H,23,27). The second-order valence-electron chi connectivity index (χ2n) is 7.67. The van der Waals surface area contributed by atoms with Gasteiger partial charge >= 0.3 is 0 Å². The number of carbonyl (C=O) groups excluding carboxylic acids is 3. The number of nitrogens with zero attached hydrogens (tertiary/aromatic N) is 3. The number of Topliss-reactive ketones (excluding diaryl/α,β-unsaturated/α-hetero) is 1.